The minimum absolute atomic E-state index is 0.154. The van der Waals surface area contributed by atoms with Gasteiger partial charge in [0.2, 0.25) is 10.0 Å². The van der Waals surface area contributed by atoms with Gasteiger partial charge < -0.3 is 5.32 Å². The number of hydrogen-bond acceptors (Lipinski definition) is 3. The summed E-state index contributed by atoms with van der Waals surface area (Å²) in [4.78, 5) is 12.9. The topological polar surface area (TPSA) is 66.5 Å². The number of carbonyl (C=O) groups excluding carboxylic acids is 1. The van der Waals surface area contributed by atoms with Crippen LogP contribution in [-0.2, 0) is 16.6 Å². The van der Waals surface area contributed by atoms with Crippen molar-refractivity contribution in [3.05, 3.63) is 108 Å². The fraction of sp³-hybridized carbons (Fsp3) is 0.115. The van der Waals surface area contributed by atoms with Crippen molar-refractivity contribution < 1.29 is 13.2 Å². The molecule has 0 bridgehead atoms. The normalized spacial score (nSPS) is 11.6. The van der Waals surface area contributed by atoms with E-state index in [1.807, 2.05) is 67.6 Å². The Morgan fingerprint density at radius 3 is 2.31 bits per heavy atom. The minimum atomic E-state index is -3.68. The third kappa shape index (κ3) is 4.72. The van der Waals surface area contributed by atoms with E-state index in [0.29, 0.717) is 11.3 Å². The van der Waals surface area contributed by atoms with Gasteiger partial charge in [0.15, 0.2) is 0 Å². The summed E-state index contributed by atoms with van der Waals surface area (Å²) in [6.07, 6.45) is 0. The lowest BCUT2D eigenvalue weighted by Gasteiger charge is -2.18. The number of sulfonamides is 1. The van der Waals surface area contributed by atoms with E-state index < -0.39 is 10.0 Å². The monoisotopic (exact) mass is 444 g/mol. The number of amides is 1. The second-order valence-corrected chi connectivity index (χ2v) is 9.84. The van der Waals surface area contributed by atoms with Crippen LogP contribution >= 0.6 is 0 Å². The van der Waals surface area contributed by atoms with Crippen molar-refractivity contribution >= 4 is 32.4 Å². The molecule has 0 heterocycles. The molecule has 0 saturated carbocycles. The second kappa shape index (κ2) is 8.94. The van der Waals surface area contributed by atoms with Gasteiger partial charge in [0.1, 0.15) is 0 Å². The molecule has 0 aromatic heterocycles. The van der Waals surface area contributed by atoms with Gasteiger partial charge in [-0.15, -0.1) is 0 Å². The number of hydrogen-bond donors (Lipinski definition) is 1. The van der Waals surface area contributed by atoms with E-state index in [-0.39, 0.29) is 17.3 Å². The van der Waals surface area contributed by atoms with Gasteiger partial charge in [-0.2, -0.15) is 4.31 Å². The Labute approximate surface area is 188 Å². The molecule has 4 rings (SSSR count). The predicted octanol–water partition coefficient (Wildman–Crippen LogP) is 5.22. The van der Waals surface area contributed by atoms with Crippen molar-refractivity contribution in [2.45, 2.75) is 18.4 Å². The van der Waals surface area contributed by atoms with E-state index in [1.165, 1.54) is 4.31 Å². The van der Waals surface area contributed by atoms with Crippen LogP contribution in [0.4, 0.5) is 5.69 Å². The number of rotatable bonds is 6. The molecule has 5 nitrogen and oxygen atoms in total. The number of anilines is 1. The molecule has 0 spiro atoms. The summed E-state index contributed by atoms with van der Waals surface area (Å²) in [5.74, 6) is -0.240. The highest BCUT2D eigenvalue weighted by Crippen LogP contribution is 2.22. The average Bonchev–Trinajstić information content (AvgIpc) is 2.80. The van der Waals surface area contributed by atoms with E-state index in [9.17, 15) is 13.2 Å². The number of nitrogens with zero attached hydrogens (tertiary/aromatic N) is 1. The first kappa shape index (κ1) is 21.7. The van der Waals surface area contributed by atoms with Gasteiger partial charge in [-0.25, -0.2) is 8.42 Å². The van der Waals surface area contributed by atoms with Gasteiger partial charge >= 0.3 is 0 Å². The van der Waals surface area contributed by atoms with Crippen molar-refractivity contribution in [2.75, 3.05) is 12.4 Å². The van der Waals surface area contributed by atoms with E-state index in [2.05, 4.69) is 5.32 Å². The van der Waals surface area contributed by atoms with Gasteiger partial charge in [-0.3, -0.25) is 4.79 Å². The van der Waals surface area contributed by atoms with Gasteiger partial charge in [-0.1, -0.05) is 60.2 Å². The van der Waals surface area contributed by atoms with Gasteiger partial charge in [0.25, 0.3) is 5.91 Å². The van der Waals surface area contributed by atoms with Gasteiger partial charge in [0.05, 0.1) is 4.90 Å². The van der Waals surface area contributed by atoms with Crippen LogP contribution in [0.2, 0.25) is 0 Å². The first-order valence-electron chi connectivity index (χ1n) is 10.2. The summed E-state index contributed by atoms with van der Waals surface area (Å²) in [6, 6.07) is 27.3. The molecule has 32 heavy (non-hydrogen) atoms. The van der Waals surface area contributed by atoms with Crippen LogP contribution in [0.1, 0.15) is 21.5 Å². The number of fused-ring (bicyclic) bond motifs is 1. The molecular weight excluding hydrogens is 420 g/mol. The molecule has 1 amide bonds. The Bertz CT molecular complexity index is 1380. The number of carbonyl (C=O) groups is 1. The molecule has 0 fully saturated rings. The Hall–Kier alpha value is -3.48. The van der Waals surface area contributed by atoms with Crippen LogP contribution in [0.5, 0.6) is 0 Å². The molecule has 1 N–H and O–H groups in total. The standard InChI is InChI=1S/C26H24N2O3S/c1-19-10-13-24(14-11-19)27-26(29)23-9-5-6-20(16-23)18-28(2)32(30,31)25-15-12-21-7-3-4-8-22(21)17-25/h3-17H,18H2,1-2H3,(H,27,29). The quantitative estimate of drug-likeness (QED) is 0.443. The Balaban J connectivity index is 1.51. The van der Waals surface area contributed by atoms with Crippen LogP contribution in [0.15, 0.2) is 95.9 Å². The SMILES string of the molecule is Cc1ccc(NC(=O)c2cccc(CN(C)S(=O)(=O)c3ccc4ccccc4c3)c2)cc1. The predicted molar refractivity (Wildman–Crippen MR) is 128 cm³/mol. The lowest BCUT2D eigenvalue weighted by molar-refractivity contribution is 0.102. The molecule has 0 atom stereocenters. The maximum Gasteiger partial charge on any atom is 0.255 e. The molecule has 6 heteroatoms. The van der Waals surface area contributed by atoms with Crippen molar-refractivity contribution in [1.82, 2.24) is 4.31 Å². The molecular formula is C26H24N2O3S. The van der Waals surface area contributed by atoms with E-state index in [0.717, 1.165) is 21.9 Å². The Morgan fingerprint density at radius 1 is 0.844 bits per heavy atom. The lowest BCUT2D eigenvalue weighted by atomic mass is 10.1. The number of benzene rings is 4. The van der Waals surface area contributed by atoms with Crippen molar-refractivity contribution in [2.24, 2.45) is 0 Å². The maximum atomic E-state index is 13.1. The first-order valence-corrected chi connectivity index (χ1v) is 11.7. The highest BCUT2D eigenvalue weighted by atomic mass is 32.2. The van der Waals surface area contributed by atoms with Crippen LogP contribution in [-0.4, -0.2) is 25.7 Å². The molecule has 4 aromatic carbocycles. The summed E-state index contributed by atoms with van der Waals surface area (Å²) in [5, 5.41) is 4.73. The molecule has 0 aliphatic heterocycles. The summed E-state index contributed by atoms with van der Waals surface area (Å²) in [5.41, 5.74) is 3.02. The fourth-order valence-electron chi connectivity index (χ4n) is 3.50. The van der Waals surface area contributed by atoms with E-state index in [4.69, 9.17) is 0 Å². The molecule has 0 saturated heterocycles. The van der Waals surface area contributed by atoms with Crippen molar-refractivity contribution in [1.29, 1.82) is 0 Å². The molecule has 0 aliphatic rings. The Kier molecular flexibility index (Phi) is 6.08. The summed E-state index contributed by atoms with van der Waals surface area (Å²) in [7, 11) is -2.14. The Morgan fingerprint density at radius 2 is 1.56 bits per heavy atom. The van der Waals surface area contributed by atoms with Gasteiger partial charge in [0, 0.05) is 24.8 Å². The summed E-state index contributed by atoms with van der Waals surface area (Å²) < 4.78 is 27.5. The van der Waals surface area contributed by atoms with E-state index in [1.54, 1.807) is 37.4 Å². The van der Waals surface area contributed by atoms with Crippen molar-refractivity contribution in [3.8, 4) is 0 Å². The second-order valence-electron chi connectivity index (χ2n) is 7.79. The summed E-state index contributed by atoms with van der Waals surface area (Å²) >= 11 is 0. The lowest BCUT2D eigenvalue weighted by Crippen LogP contribution is -2.26. The zero-order valence-corrected chi connectivity index (χ0v) is 18.8. The highest BCUT2D eigenvalue weighted by molar-refractivity contribution is 7.89. The van der Waals surface area contributed by atoms with Crippen molar-refractivity contribution in [3.63, 3.8) is 0 Å². The molecule has 162 valence electrons. The fourth-order valence-corrected chi connectivity index (χ4v) is 4.70. The van der Waals surface area contributed by atoms with Gasteiger partial charge in [-0.05, 0) is 59.7 Å². The zero-order valence-electron chi connectivity index (χ0n) is 17.9. The van der Waals surface area contributed by atoms with Crippen LogP contribution < -0.4 is 5.32 Å². The van der Waals surface area contributed by atoms with Crippen LogP contribution in [0, 0.1) is 6.92 Å². The number of nitrogens with one attached hydrogen (secondary N) is 1. The maximum absolute atomic E-state index is 13.1. The highest BCUT2D eigenvalue weighted by Gasteiger charge is 2.21. The molecule has 0 unspecified atom stereocenters. The van der Waals surface area contributed by atoms with E-state index >= 15 is 0 Å². The smallest absolute Gasteiger partial charge is 0.255 e. The zero-order chi connectivity index (χ0) is 22.7. The first-order chi connectivity index (χ1) is 15.3. The minimum Gasteiger partial charge on any atom is -0.322 e. The number of aryl methyl sites for hydroxylation is 1. The molecule has 0 aliphatic carbocycles. The largest absolute Gasteiger partial charge is 0.322 e. The summed E-state index contributed by atoms with van der Waals surface area (Å²) in [6.45, 7) is 2.14. The van der Waals surface area contributed by atoms with Crippen LogP contribution in [0.25, 0.3) is 10.8 Å². The molecule has 4 aromatic rings. The molecule has 0 radical (unpaired) electrons. The third-order valence-corrected chi connectivity index (χ3v) is 7.13. The third-order valence-electron chi connectivity index (χ3n) is 5.33. The average molecular weight is 445 g/mol. The van der Waals surface area contributed by atoms with Crippen LogP contribution in [0.3, 0.4) is 0 Å².